The molecule has 13 aromatic rings. The van der Waals surface area contributed by atoms with E-state index in [9.17, 15) is 0 Å². The van der Waals surface area contributed by atoms with Crippen LogP contribution in [-0.2, 0) is 0 Å². The quantitative estimate of drug-likeness (QED) is 0.118. The molecule has 0 fully saturated rings. The maximum absolute atomic E-state index is 4.53. The monoisotopic (exact) mass is 862 g/mol. The highest BCUT2D eigenvalue weighted by atomic mass is 14.6. The highest BCUT2D eigenvalue weighted by molar-refractivity contribution is 6.29. The third kappa shape index (κ3) is 6.73. The van der Waals surface area contributed by atoms with E-state index in [2.05, 4.69) is 228 Å². The van der Waals surface area contributed by atoms with Gasteiger partial charge in [0.15, 0.2) is 0 Å². The van der Waals surface area contributed by atoms with Crippen LogP contribution in [0.15, 0.2) is 255 Å². The van der Waals surface area contributed by atoms with Gasteiger partial charge in [-0.05, 0) is 169 Å². The molecule has 2 heteroatoms. The Morgan fingerprint density at radius 1 is 0.191 bits per heavy atom. The van der Waals surface area contributed by atoms with Gasteiger partial charge in [-0.1, -0.05) is 182 Å². The predicted molar refractivity (Wildman–Crippen MR) is 288 cm³/mol. The zero-order valence-corrected chi connectivity index (χ0v) is 37.1. The fraction of sp³-hybridized carbons (Fsp3) is 0. The summed E-state index contributed by atoms with van der Waals surface area (Å²) in [5, 5.41) is 12.1. The van der Waals surface area contributed by atoms with E-state index in [0.717, 1.165) is 33.4 Å². The van der Waals surface area contributed by atoms with Gasteiger partial charge in [0, 0.05) is 35.9 Å². The summed E-state index contributed by atoms with van der Waals surface area (Å²) < 4.78 is 0. The van der Waals surface area contributed by atoms with E-state index in [0.29, 0.717) is 0 Å². The second kappa shape index (κ2) is 16.5. The first-order chi connectivity index (χ1) is 33.7. The van der Waals surface area contributed by atoms with Gasteiger partial charge in [0.25, 0.3) is 0 Å². The van der Waals surface area contributed by atoms with Crippen LogP contribution in [0.5, 0.6) is 0 Å². The fourth-order valence-electron chi connectivity index (χ4n) is 10.7. The molecule has 0 atom stereocenters. The fourth-order valence-corrected chi connectivity index (χ4v) is 10.7. The molecule has 0 bridgehead atoms. The molecule has 0 radical (unpaired) electrons. The summed E-state index contributed by atoms with van der Waals surface area (Å²) in [5.74, 6) is 0. The molecule has 316 valence electrons. The van der Waals surface area contributed by atoms with Crippen LogP contribution in [0.3, 0.4) is 0 Å². The zero-order chi connectivity index (χ0) is 45.0. The summed E-state index contributed by atoms with van der Waals surface area (Å²) in [7, 11) is 0. The molecule has 68 heavy (non-hydrogen) atoms. The normalized spacial score (nSPS) is 11.5. The minimum Gasteiger partial charge on any atom is -0.264 e. The minimum atomic E-state index is 1.08. The maximum Gasteiger partial charge on any atom is 0.0346 e. The van der Waals surface area contributed by atoms with E-state index >= 15 is 0 Å². The average molecular weight is 863 g/mol. The van der Waals surface area contributed by atoms with Gasteiger partial charge in [0.2, 0.25) is 0 Å². The molecule has 13 rings (SSSR count). The Labute approximate surface area is 395 Å². The second-order valence-corrected chi connectivity index (χ2v) is 17.7. The van der Waals surface area contributed by atoms with Crippen molar-refractivity contribution in [2.45, 2.75) is 0 Å². The summed E-state index contributed by atoms with van der Waals surface area (Å²) in [6.07, 6.45) is 7.59. The van der Waals surface area contributed by atoms with E-state index in [1.807, 2.05) is 36.9 Å². The van der Waals surface area contributed by atoms with Gasteiger partial charge < -0.3 is 0 Å². The molecule has 11 aromatic carbocycles. The molecular formula is C66H42N2. The van der Waals surface area contributed by atoms with Gasteiger partial charge in [-0.25, -0.2) is 0 Å². The van der Waals surface area contributed by atoms with E-state index in [4.69, 9.17) is 0 Å². The first-order valence-corrected chi connectivity index (χ1v) is 23.3. The molecule has 0 aliphatic rings. The summed E-state index contributed by atoms with van der Waals surface area (Å²) in [4.78, 5) is 9.04. The van der Waals surface area contributed by atoms with Gasteiger partial charge in [0.05, 0.1) is 0 Å². The van der Waals surface area contributed by atoms with Crippen LogP contribution in [0.25, 0.3) is 132 Å². The van der Waals surface area contributed by atoms with Crippen molar-refractivity contribution < 1.29 is 0 Å². The first kappa shape index (κ1) is 39.4. The number of aromatic nitrogens is 2. The maximum atomic E-state index is 4.53. The Morgan fingerprint density at radius 3 is 1.29 bits per heavy atom. The number of rotatable bonds is 7. The number of nitrogens with zero attached hydrogens (tertiary/aromatic N) is 2. The Kier molecular flexibility index (Phi) is 9.54. The van der Waals surface area contributed by atoms with Crippen LogP contribution in [-0.4, -0.2) is 9.97 Å². The third-order valence-electron chi connectivity index (χ3n) is 13.8. The molecule has 0 amide bonds. The lowest BCUT2D eigenvalue weighted by Gasteiger charge is -2.23. The average Bonchev–Trinajstić information content (AvgIpc) is 3.42. The van der Waals surface area contributed by atoms with Crippen LogP contribution in [0.1, 0.15) is 0 Å². The standard InChI is InChI=1S/C66H42N2/c1-3-15-43(16-4-1)49-31-32-57-59(38-49)64(51-24-12-22-48(37-51)54-26-14-34-68-42-54)62-40-60-58(39-61(62)63(57)50-23-11-21-47(36-50)53-25-13-33-67-41-53)55-27-9-10-28-56(55)66(65(60)45-18-5-2-6-19-45)52-30-29-44-17-7-8-20-46(44)35-52/h1-42H. The largest absolute Gasteiger partial charge is 0.264 e. The number of hydrogen-bond donors (Lipinski definition) is 0. The Bertz CT molecular complexity index is 4050. The lowest BCUT2D eigenvalue weighted by molar-refractivity contribution is 1.33. The van der Waals surface area contributed by atoms with Crippen molar-refractivity contribution in [3.8, 4) is 77.9 Å². The summed E-state index contributed by atoms with van der Waals surface area (Å²) in [6.45, 7) is 0. The van der Waals surface area contributed by atoms with Crippen molar-refractivity contribution in [1.82, 2.24) is 9.97 Å². The van der Waals surface area contributed by atoms with E-state index < -0.39 is 0 Å². The van der Waals surface area contributed by atoms with E-state index in [1.54, 1.807) is 0 Å². The van der Waals surface area contributed by atoms with Gasteiger partial charge in [0.1, 0.15) is 0 Å². The molecule has 0 saturated heterocycles. The van der Waals surface area contributed by atoms with Crippen LogP contribution in [0.2, 0.25) is 0 Å². The Hall–Kier alpha value is -8.98. The summed E-state index contributed by atoms with van der Waals surface area (Å²) in [6, 6.07) is 84.9. The number of fused-ring (bicyclic) bond motifs is 6. The first-order valence-electron chi connectivity index (χ1n) is 23.3. The van der Waals surface area contributed by atoms with Crippen LogP contribution < -0.4 is 0 Å². The smallest absolute Gasteiger partial charge is 0.0346 e. The Balaban J connectivity index is 1.23. The molecule has 0 aliphatic heterocycles. The second-order valence-electron chi connectivity index (χ2n) is 17.7. The summed E-state index contributed by atoms with van der Waals surface area (Å²) in [5.41, 5.74) is 16.3. The molecule has 0 unspecified atom stereocenters. The van der Waals surface area contributed by atoms with Gasteiger partial charge in [-0.15, -0.1) is 0 Å². The third-order valence-corrected chi connectivity index (χ3v) is 13.8. The van der Waals surface area contributed by atoms with Crippen LogP contribution in [0.4, 0.5) is 0 Å². The highest BCUT2D eigenvalue weighted by Gasteiger charge is 2.24. The zero-order valence-electron chi connectivity index (χ0n) is 37.1. The number of hydrogen-bond acceptors (Lipinski definition) is 2. The number of pyridine rings is 2. The van der Waals surface area contributed by atoms with Crippen molar-refractivity contribution >= 4 is 53.9 Å². The van der Waals surface area contributed by atoms with Crippen molar-refractivity contribution in [1.29, 1.82) is 0 Å². The lowest BCUT2D eigenvalue weighted by atomic mass is 9.80. The Morgan fingerprint density at radius 2 is 0.632 bits per heavy atom. The molecule has 0 spiro atoms. The molecular weight excluding hydrogens is 821 g/mol. The molecule has 0 aliphatic carbocycles. The van der Waals surface area contributed by atoms with E-state index in [-0.39, 0.29) is 0 Å². The van der Waals surface area contributed by atoms with E-state index in [1.165, 1.54) is 98.4 Å². The molecule has 0 N–H and O–H groups in total. The lowest BCUT2D eigenvalue weighted by Crippen LogP contribution is -1.96. The molecule has 2 nitrogen and oxygen atoms in total. The van der Waals surface area contributed by atoms with Crippen LogP contribution in [0, 0.1) is 0 Å². The SMILES string of the molecule is c1ccc(-c2ccc3c(-c4cccc(-c5cccnc5)c4)c4cc5c(cc4c(-c4cccc(-c6cccnc6)c4)c3c2)c(-c2ccccc2)c(-c2ccc3ccccc3c2)c2ccccc25)cc1. The minimum absolute atomic E-state index is 1.08. The topological polar surface area (TPSA) is 25.8 Å². The van der Waals surface area contributed by atoms with Gasteiger partial charge in [-0.2, -0.15) is 0 Å². The molecule has 2 heterocycles. The van der Waals surface area contributed by atoms with Crippen molar-refractivity contribution in [3.05, 3.63) is 255 Å². The van der Waals surface area contributed by atoms with Gasteiger partial charge in [-0.3, -0.25) is 9.97 Å². The summed E-state index contributed by atoms with van der Waals surface area (Å²) >= 11 is 0. The molecule has 0 saturated carbocycles. The van der Waals surface area contributed by atoms with Crippen molar-refractivity contribution in [2.75, 3.05) is 0 Å². The molecule has 2 aromatic heterocycles. The van der Waals surface area contributed by atoms with Crippen LogP contribution >= 0.6 is 0 Å². The highest BCUT2D eigenvalue weighted by Crippen LogP contribution is 2.51. The van der Waals surface area contributed by atoms with Crippen molar-refractivity contribution in [3.63, 3.8) is 0 Å². The number of benzene rings is 11. The predicted octanol–water partition coefficient (Wildman–Crippen LogP) is 17.9. The van der Waals surface area contributed by atoms with Crippen molar-refractivity contribution in [2.24, 2.45) is 0 Å². The van der Waals surface area contributed by atoms with Gasteiger partial charge >= 0.3 is 0 Å².